The molecule has 14 heteroatoms. The van der Waals surface area contributed by atoms with Crippen molar-refractivity contribution in [3.8, 4) is 17.3 Å². The van der Waals surface area contributed by atoms with Crippen LogP contribution in [-0.4, -0.2) is 93.2 Å². The van der Waals surface area contributed by atoms with E-state index < -0.39 is 0 Å². The van der Waals surface area contributed by atoms with E-state index in [2.05, 4.69) is 27.6 Å². The van der Waals surface area contributed by atoms with Gasteiger partial charge in [-0.2, -0.15) is 9.78 Å². The normalized spacial score (nSPS) is 20.2. The number of thiazole rings is 1. The number of carbonyl (C=O) groups excluding carboxylic acids is 1. The van der Waals surface area contributed by atoms with Gasteiger partial charge in [0.2, 0.25) is 16.0 Å². The monoisotopic (exact) mass is 602 g/mol. The maximum atomic E-state index is 13.5. The predicted octanol–water partition coefficient (Wildman–Crippen LogP) is 3.65. The van der Waals surface area contributed by atoms with Crippen molar-refractivity contribution in [1.82, 2.24) is 29.4 Å². The minimum absolute atomic E-state index is 0.0405. The minimum Gasteiger partial charge on any atom is -0.341 e. The molecule has 0 aliphatic carbocycles. The number of benzene rings is 1. The Morgan fingerprint density at radius 2 is 1.98 bits per heavy atom. The van der Waals surface area contributed by atoms with Gasteiger partial charge in [0.25, 0.3) is 6.04 Å². The van der Waals surface area contributed by atoms with Gasteiger partial charge >= 0.3 is 0 Å². The maximum Gasteiger partial charge on any atom is 0.258 e. The fraction of sp³-hybridized carbons (Fsp3) is 0.429. The maximum absolute atomic E-state index is 13.5. The van der Waals surface area contributed by atoms with Crippen molar-refractivity contribution in [2.75, 3.05) is 49.6 Å². The number of amides is 1. The van der Waals surface area contributed by atoms with Crippen LogP contribution in [0.25, 0.3) is 21.1 Å². The molecule has 11 nitrogen and oxygen atoms in total. The molecular formula is C28H27FN10OS2. The third kappa shape index (κ3) is 4.38. The molecule has 0 radical (unpaired) electrons. The Morgan fingerprint density at radius 3 is 2.64 bits per heavy atom. The molecule has 214 valence electrons. The van der Waals surface area contributed by atoms with Gasteiger partial charge in [-0.3, -0.25) is 9.69 Å². The molecule has 0 N–H and O–H groups in total. The second kappa shape index (κ2) is 10.3. The van der Waals surface area contributed by atoms with E-state index in [0.29, 0.717) is 53.4 Å². The van der Waals surface area contributed by atoms with Crippen LogP contribution in [0.2, 0.25) is 0 Å². The lowest BCUT2D eigenvalue weighted by atomic mass is 10.1. The molecule has 0 unspecified atom stereocenters. The van der Waals surface area contributed by atoms with Crippen molar-refractivity contribution in [1.29, 1.82) is 5.26 Å². The lowest BCUT2D eigenvalue weighted by Gasteiger charge is -2.36. The molecule has 2 bridgehead atoms. The zero-order chi connectivity index (χ0) is 29.1. The molecule has 6 heterocycles. The average molecular weight is 603 g/mol. The lowest BCUT2D eigenvalue weighted by molar-refractivity contribution is -0.136. The van der Waals surface area contributed by atoms with Crippen LogP contribution in [0.3, 0.4) is 0 Å². The Labute approximate surface area is 249 Å². The lowest BCUT2D eigenvalue weighted by Crippen LogP contribution is -2.56. The number of nitrogens with zero attached hydrogens (tertiary/aromatic N) is 10. The number of rotatable bonds is 7. The Hall–Kier alpha value is -4.11. The summed E-state index contributed by atoms with van der Waals surface area (Å²) < 4.78 is 15.4. The number of carbonyl (C=O) groups is 1. The summed E-state index contributed by atoms with van der Waals surface area (Å²) in [7, 11) is 1.90. The third-order valence-electron chi connectivity index (χ3n) is 8.35. The van der Waals surface area contributed by atoms with Gasteiger partial charge in [0.05, 0.1) is 25.3 Å². The van der Waals surface area contributed by atoms with E-state index in [4.69, 9.17) is 21.6 Å². The van der Waals surface area contributed by atoms with E-state index in [1.165, 1.54) is 23.5 Å². The first-order valence-corrected chi connectivity index (χ1v) is 15.4. The summed E-state index contributed by atoms with van der Waals surface area (Å²) in [6.45, 7) is 12.3. The summed E-state index contributed by atoms with van der Waals surface area (Å²) in [5.41, 5.74) is 2.10. The van der Waals surface area contributed by atoms with Gasteiger partial charge in [-0.1, -0.05) is 29.6 Å². The smallest absolute Gasteiger partial charge is 0.258 e. The van der Waals surface area contributed by atoms with Gasteiger partial charge in [0, 0.05) is 37.8 Å². The largest absolute Gasteiger partial charge is 0.341 e. The van der Waals surface area contributed by atoms with Crippen molar-refractivity contribution < 1.29 is 9.18 Å². The van der Waals surface area contributed by atoms with Crippen LogP contribution >= 0.6 is 22.7 Å². The van der Waals surface area contributed by atoms with E-state index in [9.17, 15) is 14.4 Å². The fourth-order valence-electron chi connectivity index (χ4n) is 6.07. The van der Waals surface area contributed by atoms with Crippen LogP contribution in [-0.2, 0) is 11.2 Å². The highest BCUT2D eigenvalue weighted by Crippen LogP contribution is 2.40. The fourth-order valence-corrected chi connectivity index (χ4v) is 7.92. The van der Waals surface area contributed by atoms with Crippen molar-refractivity contribution in [2.24, 2.45) is 0 Å². The zero-order valence-corrected chi connectivity index (χ0v) is 24.7. The van der Waals surface area contributed by atoms with E-state index >= 15 is 0 Å². The number of hydrogen-bond acceptors (Lipinski definition) is 10. The molecule has 1 aromatic carbocycles. The third-order valence-corrected chi connectivity index (χ3v) is 10.3. The summed E-state index contributed by atoms with van der Waals surface area (Å²) in [5, 5.41) is 16.3. The highest BCUT2D eigenvalue weighted by Gasteiger charge is 2.46. The van der Waals surface area contributed by atoms with Gasteiger partial charge in [-0.15, -0.1) is 5.10 Å². The predicted molar refractivity (Wildman–Crippen MR) is 159 cm³/mol. The summed E-state index contributed by atoms with van der Waals surface area (Å²) in [6, 6.07) is 8.78. The number of aryl methyl sites for hydroxylation is 1. The number of aromatic nitrogens is 4. The first-order valence-electron chi connectivity index (χ1n) is 13.8. The number of hydrogen-bond donors (Lipinski definition) is 0. The van der Waals surface area contributed by atoms with E-state index in [0.717, 1.165) is 41.1 Å². The van der Waals surface area contributed by atoms with Gasteiger partial charge in [0.15, 0.2) is 10.9 Å². The number of likely N-dealkylation sites (tertiary alicyclic amines) is 2. The highest BCUT2D eigenvalue weighted by molar-refractivity contribution is 7.20. The molecule has 3 aromatic heterocycles. The van der Waals surface area contributed by atoms with Crippen LogP contribution in [0.15, 0.2) is 24.3 Å². The number of nitriles is 1. The van der Waals surface area contributed by atoms with Gasteiger partial charge in [-0.05, 0) is 37.1 Å². The molecule has 2 atom stereocenters. The molecule has 42 heavy (non-hydrogen) atoms. The van der Waals surface area contributed by atoms with Gasteiger partial charge in [-0.25, -0.2) is 20.9 Å². The quantitative estimate of drug-likeness (QED) is 0.296. The second-order valence-electron chi connectivity index (χ2n) is 10.9. The van der Waals surface area contributed by atoms with E-state index in [1.807, 2.05) is 16.5 Å². The number of anilines is 3. The molecule has 0 spiro atoms. The summed E-state index contributed by atoms with van der Waals surface area (Å²) in [4.78, 5) is 35.4. The molecule has 3 aliphatic heterocycles. The van der Waals surface area contributed by atoms with E-state index in [-0.39, 0.29) is 23.8 Å². The van der Waals surface area contributed by atoms with Crippen LogP contribution in [0.4, 0.5) is 20.5 Å². The van der Waals surface area contributed by atoms with Gasteiger partial charge < -0.3 is 19.5 Å². The first kappa shape index (κ1) is 26.8. The van der Waals surface area contributed by atoms with Crippen molar-refractivity contribution in [2.45, 2.75) is 37.9 Å². The molecule has 0 saturated carbocycles. The Bertz CT molecular complexity index is 1760. The van der Waals surface area contributed by atoms with Crippen LogP contribution in [0.5, 0.6) is 0 Å². The molecule has 1 amide bonds. The zero-order valence-electron chi connectivity index (χ0n) is 23.1. The minimum atomic E-state index is -0.340. The van der Waals surface area contributed by atoms with Crippen LogP contribution < -0.4 is 9.80 Å². The summed E-state index contributed by atoms with van der Waals surface area (Å²) >= 11 is 2.84. The Balaban J connectivity index is 1.11. The number of piperazine rings is 1. The van der Waals surface area contributed by atoms with E-state index in [1.54, 1.807) is 28.4 Å². The van der Waals surface area contributed by atoms with Crippen LogP contribution in [0, 0.1) is 23.7 Å². The first-order chi connectivity index (χ1) is 20.4. The SMILES string of the molecule is [C-]#[N+]C1CN(C(=O)CN2C[C@@H]3C[C@H]2CN3c2nn3c(N(C)c4nc(-c5ccc(F)cc5)c(C#N)s4)c(CC)nc3s2)C1. The topological polar surface area (TPSA) is 101 Å². The van der Waals surface area contributed by atoms with Crippen molar-refractivity contribution in [3.05, 3.63) is 52.1 Å². The molecule has 3 fully saturated rings. The van der Waals surface area contributed by atoms with Crippen molar-refractivity contribution >= 4 is 49.6 Å². The summed E-state index contributed by atoms with van der Waals surface area (Å²) in [5.74, 6) is 0.585. The van der Waals surface area contributed by atoms with Gasteiger partial charge in [0.1, 0.15) is 22.5 Å². The number of fused-ring (bicyclic) bond motifs is 3. The standard InChI is InChI=1S/C28H27FN10OS2/c1-4-21-25(35(3)26-33-24(22(10-30)41-26)16-5-7-17(29)8-6-16)39-27(32-21)42-28(34-39)38-14-19-9-20(38)13-36(19)15-23(40)37-11-18(12-37)31-2/h5-8,18-20H,4,9,11-15H2,1,3H3/t19-,20-/m0/s1. The molecule has 7 rings (SSSR count). The summed E-state index contributed by atoms with van der Waals surface area (Å²) in [6.07, 6.45) is 1.70. The molecular weight excluding hydrogens is 576 g/mol. The average Bonchev–Trinajstić information content (AvgIpc) is 3.77. The van der Waals surface area contributed by atoms with Crippen LogP contribution in [0.1, 0.15) is 23.9 Å². The molecule has 3 aliphatic rings. The highest BCUT2D eigenvalue weighted by atomic mass is 32.1. The Kier molecular flexibility index (Phi) is 6.57. The second-order valence-corrected chi connectivity index (χ2v) is 12.8. The number of imidazole rings is 1. The van der Waals surface area contributed by atoms with Crippen molar-refractivity contribution in [3.63, 3.8) is 0 Å². The molecule has 4 aromatic rings. The molecule has 3 saturated heterocycles. The Morgan fingerprint density at radius 1 is 1.19 bits per heavy atom. The number of halogens is 1.